The van der Waals surface area contributed by atoms with Crippen molar-refractivity contribution in [1.29, 1.82) is 10.5 Å². The zero-order chi connectivity index (χ0) is 16.2. The minimum absolute atomic E-state index is 0.589. The molecule has 0 aliphatic rings. The standard InChI is InChI=1S/C19H12N2O2/c1-22-18-10-17(15-6-2-13(11-20)3-7-15)23-19(18)16-8-4-14(12-21)5-9-16/h2-10H,1H3. The summed E-state index contributed by atoms with van der Waals surface area (Å²) in [5.74, 6) is 1.89. The first-order valence-electron chi connectivity index (χ1n) is 6.94. The molecule has 0 spiro atoms. The summed E-state index contributed by atoms with van der Waals surface area (Å²) < 4.78 is 11.3. The highest BCUT2D eigenvalue weighted by atomic mass is 16.5. The van der Waals surface area contributed by atoms with Crippen LogP contribution in [0.2, 0.25) is 0 Å². The molecule has 0 saturated carbocycles. The zero-order valence-electron chi connectivity index (χ0n) is 12.4. The molecule has 3 aromatic rings. The topological polar surface area (TPSA) is 69.9 Å². The van der Waals surface area contributed by atoms with E-state index in [1.54, 1.807) is 31.4 Å². The van der Waals surface area contributed by atoms with Crippen molar-refractivity contribution in [3.05, 3.63) is 65.7 Å². The number of benzene rings is 2. The first-order chi connectivity index (χ1) is 11.2. The molecule has 0 bridgehead atoms. The smallest absolute Gasteiger partial charge is 0.176 e. The quantitative estimate of drug-likeness (QED) is 0.720. The van der Waals surface area contributed by atoms with Gasteiger partial charge in [0.05, 0.1) is 30.4 Å². The molecule has 4 heteroatoms. The van der Waals surface area contributed by atoms with Gasteiger partial charge in [0.15, 0.2) is 11.5 Å². The average molecular weight is 300 g/mol. The van der Waals surface area contributed by atoms with E-state index in [2.05, 4.69) is 12.1 Å². The van der Waals surface area contributed by atoms with Gasteiger partial charge in [-0.2, -0.15) is 10.5 Å². The van der Waals surface area contributed by atoms with Crippen LogP contribution in [0.15, 0.2) is 59.0 Å². The molecule has 0 fully saturated rings. The normalized spacial score (nSPS) is 9.87. The van der Waals surface area contributed by atoms with E-state index < -0.39 is 0 Å². The van der Waals surface area contributed by atoms with Crippen LogP contribution < -0.4 is 4.74 Å². The maximum atomic E-state index is 8.87. The van der Waals surface area contributed by atoms with Gasteiger partial charge in [-0.3, -0.25) is 0 Å². The van der Waals surface area contributed by atoms with Gasteiger partial charge in [0.1, 0.15) is 5.76 Å². The lowest BCUT2D eigenvalue weighted by atomic mass is 10.1. The number of rotatable bonds is 3. The van der Waals surface area contributed by atoms with E-state index in [1.165, 1.54) is 0 Å². The summed E-state index contributed by atoms with van der Waals surface area (Å²) >= 11 is 0. The maximum Gasteiger partial charge on any atom is 0.176 e. The summed E-state index contributed by atoms with van der Waals surface area (Å²) in [5, 5.41) is 17.7. The van der Waals surface area contributed by atoms with Crippen molar-refractivity contribution >= 4 is 0 Å². The van der Waals surface area contributed by atoms with Crippen molar-refractivity contribution < 1.29 is 9.15 Å². The third-order valence-corrected chi connectivity index (χ3v) is 3.49. The largest absolute Gasteiger partial charge is 0.493 e. The second-order valence-corrected chi connectivity index (χ2v) is 4.89. The Labute approximate surface area is 133 Å². The molecule has 0 atom stereocenters. The molecule has 0 aliphatic heterocycles. The van der Waals surface area contributed by atoms with Crippen molar-refractivity contribution in [2.75, 3.05) is 7.11 Å². The number of nitrogens with zero attached hydrogens (tertiary/aromatic N) is 2. The molecular formula is C19H12N2O2. The second kappa shape index (κ2) is 6.09. The van der Waals surface area contributed by atoms with E-state index in [0.717, 1.165) is 11.1 Å². The summed E-state index contributed by atoms with van der Waals surface area (Å²) in [7, 11) is 1.58. The second-order valence-electron chi connectivity index (χ2n) is 4.89. The predicted octanol–water partition coefficient (Wildman–Crippen LogP) is 4.37. The molecule has 0 unspecified atom stereocenters. The van der Waals surface area contributed by atoms with Crippen LogP contribution in [0.4, 0.5) is 0 Å². The molecule has 0 radical (unpaired) electrons. The number of hydrogen-bond acceptors (Lipinski definition) is 4. The van der Waals surface area contributed by atoms with Crippen LogP contribution in [-0.4, -0.2) is 7.11 Å². The summed E-state index contributed by atoms with van der Waals surface area (Å²) in [5.41, 5.74) is 2.88. The fraction of sp³-hybridized carbons (Fsp3) is 0.0526. The summed E-state index contributed by atoms with van der Waals surface area (Å²) in [6.07, 6.45) is 0. The maximum absolute atomic E-state index is 8.87. The Morgan fingerprint density at radius 1 is 0.826 bits per heavy atom. The van der Waals surface area contributed by atoms with E-state index in [4.69, 9.17) is 19.7 Å². The molecule has 2 aromatic carbocycles. The van der Waals surface area contributed by atoms with E-state index in [9.17, 15) is 0 Å². The van der Waals surface area contributed by atoms with Gasteiger partial charge in [0.2, 0.25) is 0 Å². The van der Waals surface area contributed by atoms with Crippen LogP contribution >= 0.6 is 0 Å². The molecule has 0 saturated heterocycles. The Morgan fingerprint density at radius 2 is 1.35 bits per heavy atom. The molecule has 23 heavy (non-hydrogen) atoms. The van der Waals surface area contributed by atoms with Crippen LogP contribution in [0.1, 0.15) is 11.1 Å². The van der Waals surface area contributed by atoms with Crippen molar-refractivity contribution in [3.8, 4) is 40.5 Å². The average Bonchev–Trinajstić information content (AvgIpc) is 3.06. The SMILES string of the molecule is COc1cc(-c2ccc(C#N)cc2)oc1-c1ccc(C#N)cc1. The summed E-state index contributed by atoms with van der Waals surface area (Å²) in [6.45, 7) is 0. The Bertz CT molecular complexity index is 908. The lowest BCUT2D eigenvalue weighted by Gasteiger charge is -2.01. The van der Waals surface area contributed by atoms with Crippen LogP contribution in [0.5, 0.6) is 5.75 Å². The van der Waals surface area contributed by atoms with Gasteiger partial charge in [-0.05, 0) is 48.5 Å². The zero-order valence-corrected chi connectivity index (χ0v) is 12.4. The molecule has 0 N–H and O–H groups in total. The van der Waals surface area contributed by atoms with Crippen molar-refractivity contribution in [2.45, 2.75) is 0 Å². The highest BCUT2D eigenvalue weighted by molar-refractivity contribution is 5.71. The first kappa shape index (κ1) is 14.4. The van der Waals surface area contributed by atoms with Gasteiger partial charge in [-0.15, -0.1) is 0 Å². The third kappa shape index (κ3) is 2.79. The fourth-order valence-corrected chi connectivity index (χ4v) is 2.27. The van der Waals surface area contributed by atoms with Crippen LogP contribution in [-0.2, 0) is 0 Å². The molecule has 3 rings (SSSR count). The molecule has 0 amide bonds. The Balaban J connectivity index is 2.03. The van der Waals surface area contributed by atoms with Gasteiger partial charge in [0, 0.05) is 17.2 Å². The van der Waals surface area contributed by atoms with Crippen LogP contribution in [0.25, 0.3) is 22.6 Å². The molecule has 0 aliphatic carbocycles. The molecular weight excluding hydrogens is 288 g/mol. The van der Waals surface area contributed by atoms with Gasteiger partial charge in [-0.1, -0.05) is 0 Å². The monoisotopic (exact) mass is 300 g/mol. The fourth-order valence-electron chi connectivity index (χ4n) is 2.27. The van der Waals surface area contributed by atoms with Crippen LogP contribution in [0.3, 0.4) is 0 Å². The van der Waals surface area contributed by atoms with Crippen LogP contribution in [0, 0.1) is 22.7 Å². The Hall–Kier alpha value is -3.50. The molecule has 110 valence electrons. The Kier molecular flexibility index (Phi) is 3.82. The minimum atomic E-state index is 0.589. The highest BCUT2D eigenvalue weighted by Crippen LogP contribution is 2.37. The number of nitriles is 2. The lowest BCUT2D eigenvalue weighted by Crippen LogP contribution is -1.83. The van der Waals surface area contributed by atoms with E-state index >= 15 is 0 Å². The predicted molar refractivity (Wildman–Crippen MR) is 85.6 cm³/mol. The van der Waals surface area contributed by atoms with Gasteiger partial charge in [-0.25, -0.2) is 0 Å². The number of hydrogen-bond donors (Lipinski definition) is 0. The van der Waals surface area contributed by atoms with Gasteiger partial charge >= 0.3 is 0 Å². The molecule has 1 heterocycles. The van der Waals surface area contributed by atoms with E-state index in [-0.39, 0.29) is 0 Å². The number of ether oxygens (including phenoxy) is 1. The molecule has 4 nitrogen and oxygen atoms in total. The first-order valence-corrected chi connectivity index (χ1v) is 6.94. The van der Waals surface area contributed by atoms with E-state index in [0.29, 0.717) is 28.4 Å². The van der Waals surface area contributed by atoms with Crippen molar-refractivity contribution in [3.63, 3.8) is 0 Å². The number of furan rings is 1. The van der Waals surface area contributed by atoms with Crippen molar-refractivity contribution in [1.82, 2.24) is 0 Å². The Morgan fingerprint density at radius 3 is 1.83 bits per heavy atom. The minimum Gasteiger partial charge on any atom is -0.493 e. The van der Waals surface area contributed by atoms with Crippen molar-refractivity contribution in [2.24, 2.45) is 0 Å². The number of methoxy groups -OCH3 is 1. The summed E-state index contributed by atoms with van der Waals surface area (Å²) in [6, 6.07) is 20.3. The van der Waals surface area contributed by atoms with Gasteiger partial charge < -0.3 is 9.15 Å². The lowest BCUT2D eigenvalue weighted by molar-refractivity contribution is 0.410. The van der Waals surface area contributed by atoms with E-state index in [1.807, 2.05) is 30.3 Å². The van der Waals surface area contributed by atoms with Gasteiger partial charge in [0.25, 0.3) is 0 Å². The third-order valence-electron chi connectivity index (χ3n) is 3.49. The molecule has 1 aromatic heterocycles. The highest BCUT2D eigenvalue weighted by Gasteiger charge is 2.15. The summed E-state index contributed by atoms with van der Waals surface area (Å²) in [4.78, 5) is 0.